The minimum atomic E-state index is -1.35. The number of allylic oxidation sites excluding steroid dienone is 4. The molecule has 0 unspecified atom stereocenters. The fraction of sp³-hybridized carbons (Fsp3) is 0.632. The molecule has 128 valence electrons. The smallest absolute Gasteiger partial charge is 0.418 e. The van der Waals surface area contributed by atoms with Crippen molar-refractivity contribution in [1.82, 2.24) is 0 Å². The number of carbonyl (C=O) groups is 1. The van der Waals surface area contributed by atoms with Gasteiger partial charge in [-0.1, -0.05) is 26.3 Å². The van der Waals surface area contributed by atoms with Gasteiger partial charge in [-0.25, -0.2) is 4.79 Å². The molecule has 0 amide bonds. The summed E-state index contributed by atoms with van der Waals surface area (Å²) < 4.78 is 17.7. The van der Waals surface area contributed by atoms with Crippen LogP contribution >= 0.6 is 0 Å². The molecule has 0 atom stereocenters. The molecule has 0 fully saturated rings. The maximum absolute atomic E-state index is 11.9. The van der Waals surface area contributed by atoms with Crippen LogP contribution in [0.15, 0.2) is 36.3 Å². The molecular formula is C19H28O4. The number of unbranched alkanes of at least 4 members (excludes halogenated alkanes) is 2. The summed E-state index contributed by atoms with van der Waals surface area (Å²) in [6, 6.07) is 0. The largest absolute Gasteiger partial charge is 0.425 e. The van der Waals surface area contributed by atoms with Gasteiger partial charge in [0.2, 0.25) is 0 Å². The van der Waals surface area contributed by atoms with Crippen LogP contribution in [0.2, 0.25) is 0 Å². The molecule has 0 aliphatic heterocycles. The summed E-state index contributed by atoms with van der Waals surface area (Å²) in [5.41, 5.74) is 0. The average Bonchev–Trinajstić information content (AvgIpc) is 3.21. The maximum Gasteiger partial charge on any atom is 0.418 e. The topological polar surface area (TPSA) is 44.8 Å². The number of hydrogen-bond acceptors (Lipinski definition) is 4. The van der Waals surface area contributed by atoms with Gasteiger partial charge in [0.15, 0.2) is 0 Å². The van der Waals surface area contributed by atoms with E-state index in [9.17, 15) is 4.79 Å². The Hall–Kier alpha value is -1.71. The van der Waals surface area contributed by atoms with Crippen LogP contribution in [0.5, 0.6) is 0 Å². The van der Waals surface area contributed by atoms with Crippen molar-refractivity contribution in [3.63, 3.8) is 0 Å². The first-order chi connectivity index (χ1) is 11.2. The molecule has 4 heteroatoms. The van der Waals surface area contributed by atoms with Gasteiger partial charge in [-0.3, -0.25) is 0 Å². The van der Waals surface area contributed by atoms with E-state index in [-0.39, 0.29) is 0 Å². The molecule has 0 aromatic heterocycles. The number of esters is 1. The van der Waals surface area contributed by atoms with E-state index in [0.717, 1.165) is 75.4 Å². The van der Waals surface area contributed by atoms with Crippen molar-refractivity contribution in [2.24, 2.45) is 0 Å². The molecule has 0 N–H and O–H groups in total. The lowest BCUT2D eigenvalue weighted by molar-refractivity contribution is -0.336. The molecule has 0 radical (unpaired) electrons. The van der Waals surface area contributed by atoms with Crippen LogP contribution in [-0.4, -0.2) is 11.9 Å². The molecule has 2 rings (SSSR count). The third kappa shape index (κ3) is 5.45. The zero-order chi connectivity index (χ0) is 16.5. The SMILES string of the molecule is C=CC(=O)OC(CCCCC)(OC1=CCCC1)OC1=CCCC1. The second-order valence-electron chi connectivity index (χ2n) is 6.09. The molecule has 0 aromatic carbocycles. The first-order valence-electron chi connectivity index (χ1n) is 8.79. The second-order valence-corrected chi connectivity index (χ2v) is 6.09. The Morgan fingerprint density at radius 3 is 2.22 bits per heavy atom. The van der Waals surface area contributed by atoms with Crippen molar-refractivity contribution in [2.45, 2.75) is 77.1 Å². The Bertz CT molecular complexity index is 450. The van der Waals surface area contributed by atoms with Crippen molar-refractivity contribution >= 4 is 5.97 Å². The summed E-state index contributed by atoms with van der Waals surface area (Å²) in [7, 11) is 0. The first kappa shape index (κ1) is 17.6. The van der Waals surface area contributed by atoms with Gasteiger partial charge in [-0.15, -0.1) is 0 Å². The van der Waals surface area contributed by atoms with Crippen molar-refractivity contribution in [3.8, 4) is 0 Å². The highest BCUT2D eigenvalue weighted by Gasteiger charge is 2.41. The van der Waals surface area contributed by atoms with Crippen molar-refractivity contribution in [1.29, 1.82) is 0 Å². The minimum absolute atomic E-state index is 0.515. The average molecular weight is 320 g/mol. The summed E-state index contributed by atoms with van der Waals surface area (Å²) in [6.07, 6.45) is 14.7. The van der Waals surface area contributed by atoms with Gasteiger partial charge in [0, 0.05) is 18.9 Å². The molecule has 0 saturated carbocycles. The molecular weight excluding hydrogens is 292 g/mol. The molecule has 0 heterocycles. The number of ether oxygens (including phenoxy) is 3. The Morgan fingerprint density at radius 1 is 1.17 bits per heavy atom. The van der Waals surface area contributed by atoms with E-state index in [1.165, 1.54) is 0 Å². The third-order valence-corrected chi connectivity index (χ3v) is 4.08. The Morgan fingerprint density at radius 2 is 1.78 bits per heavy atom. The fourth-order valence-corrected chi connectivity index (χ4v) is 2.87. The van der Waals surface area contributed by atoms with Gasteiger partial charge < -0.3 is 14.2 Å². The predicted octanol–water partition coefficient (Wildman–Crippen LogP) is 5.12. The first-order valence-corrected chi connectivity index (χ1v) is 8.79. The molecule has 2 aliphatic rings. The second kappa shape index (κ2) is 8.80. The highest BCUT2D eigenvalue weighted by molar-refractivity contribution is 5.81. The van der Waals surface area contributed by atoms with Gasteiger partial charge in [-0.05, 0) is 44.3 Å². The van der Waals surface area contributed by atoms with E-state index in [2.05, 4.69) is 25.7 Å². The van der Waals surface area contributed by atoms with Gasteiger partial charge in [0.05, 0.1) is 6.42 Å². The van der Waals surface area contributed by atoms with Crippen molar-refractivity contribution < 1.29 is 19.0 Å². The summed E-state index contributed by atoms with van der Waals surface area (Å²) in [6.45, 7) is 5.63. The number of carbonyl (C=O) groups excluding carboxylic acids is 1. The number of rotatable bonds is 10. The van der Waals surface area contributed by atoms with E-state index in [4.69, 9.17) is 14.2 Å². The van der Waals surface area contributed by atoms with E-state index in [0.29, 0.717) is 6.42 Å². The van der Waals surface area contributed by atoms with E-state index in [1.807, 2.05) is 0 Å². The van der Waals surface area contributed by atoms with Crippen molar-refractivity contribution in [3.05, 3.63) is 36.3 Å². The van der Waals surface area contributed by atoms with E-state index >= 15 is 0 Å². The summed E-state index contributed by atoms with van der Waals surface area (Å²) in [5.74, 6) is -0.153. The zero-order valence-electron chi connectivity index (χ0n) is 14.1. The highest BCUT2D eigenvalue weighted by atomic mass is 16.9. The van der Waals surface area contributed by atoms with Crippen LogP contribution in [-0.2, 0) is 19.0 Å². The molecule has 23 heavy (non-hydrogen) atoms. The quantitative estimate of drug-likeness (QED) is 0.242. The van der Waals surface area contributed by atoms with Crippen LogP contribution in [0, 0.1) is 0 Å². The summed E-state index contributed by atoms with van der Waals surface area (Å²) >= 11 is 0. The highest BCUT2D eigenvalue weighted by Crippen LogP contribution is 2.35. The molecule has 2 aliphatic carbocycles. The van der Waals surface area contributed by atoms with Crippen LogP contribution in [0.3, 0.4) is 0 Å². The van der Waals surface area contributed by atoms with Crippen LogP contribution in [0.4, 0.5) is 0 Å². The van der Waals surface area contributed by atoms with Gasteiger partial charge in [0.25, 0.3) is 0 Å². The van der Waals surface area contributed by atoms with Crippen LogP contribution < -0.4 is 0 Å². The Labute approximate surface area is 139 Å². The molecule has 0 saturated heterocycles. The fourth-order valence-electron chi connectivity index (χ4n) is 2.87. The zero-order valence-corrected chi connectivity index (χ0v) is 14.1. The van der Waals surface area contributed by atoms with Crippen molar-refractivity contribution in [2.75, 3.05) is 0 Å². The minimum Gasteiger partial charge on any atom is -0.425 e. The predicted molar refractivity (Wildman–Crippen MR) is 89.2 cm³/mol. The lowest BCUT2D eigenvalue weighted by Crippen LogP contribution is -2.40. The summed E-state index contributed by atoms with van der Waals surface area (Å²) in [5, 5.41) is 0. The van der Waals surface area contributed by atoms with Gasteiger partial charge in [0.1, 0.15) is 11.5 Å². The van der Waals surface area contributed by atoms with E-state index < -0.39 is 11.9 Å². The molecule has 0 spiro atoms. The monoisotopic (exact) mass is 320 g/mol. The molecule has 4 nitrogen and oxygen atoms in total. The van der Waals surface area contributed by atoms with Gasteiger partial charge in [-0.2, -0.15) is 0 Å². The normalized spacial score (nSPS) is 17.4. The van der Waals surface area contributed by atoms with Crippen LogP contribution in [0.25, 0.3) is 0 Å². The number of hydrogen-bond donors (Lipinski definition) is 0. The Kier molecular flexibility index (Phi) is 6.75. The van der Waals surface area contributed by atoms with E-state index in [1.54, 1.807) is 0 Å². The Balaban J connectivity index is 2.16. The van der Waals surface area contributed by atoms with Crippen LogP contribution in [0.1, 0.15) is 71.1 Å². The third-order valence-electron chi connectivity index (χ3n) is 4.08. The lowest BCUT2D eigenvalue weighted by Gasteiger charge is -2.34. The molecule has 0 aromatic rings. The standard InChI is InChI=1S/C19H28O4/c1-3-5-10-15-19(23-18(20)4-2,21-16-11-6-7-12-16)22-17-13-8-9-14-17/h4,11,13H,2-3,5-10,12,14-15H2,1H3. The van der Waals surface area contributed by atoms with Gasteiger partial charge >= 0.3 is 11.9 Å². The maximum atomic E-state index is 11.9. The molecule has 0 bridgehead atoms. The summed E-state index contributed by atoms with van der Waals surface area (Å²) in [4.78, 5) is 11.9. The lowest BCUT2D eigenvalue weighted by atomic mass is 10.2.